The van der Waals surface area contributed by atoms with E-state index in [4.69, 9.17) is 9.47 Å². The van der Waals surface area contributed by atoms with Gasteiger partial charge in [0.1, 0.15) is 45.9 Å². The molecule has 3 aromatic carbocycles. The third kappa shape index (κ3) is 6.14. The second-order valence-corrected chi connectivity index (χ2v) is 9.05. The number of nitrogens with one attached hydrogen (secondary N) is 1. The highest BCUT2D eigenvalue weighted by molar-refractivity contribution is 8.14. The normalized spacial score (nSPS) is 14.7. The van der Waals surface area contributed by atoms with E-state index in [2.05, 4.69) is 10.4 Å². The van der Waals surface area contributed by atoms with Crippen LogP contribution < -0.4 is 14.8 Å². The third-order valence-electron chi connectivity index (χ3n) is 5.42. The summed E-state index contributed by atoms with van der Waals surface area (Å²) in [5.41, 5.74) is -0.332. The maximum absolute atomic E-state index is 14.6. The molecule has 0 saturated heterocycles. The lowest BCUT2D eigenvalue weighted by Crippen LogP contribution is -2.30. The number of benzene rings is 3. The number of amides is 2. The Kier molecular flexibility index (Phi) is 8.69. The van der Waals surface area contributed by atoms with Crippen molar-refractivity contribution < 1.29 is 41.0 Å². The number of rotatable bonds is 9. The predicted molar refractivity (Wildman–Crippen MR) is 133 cm³/mol. The van der Waals surface area contributed by atoms with Gasteiger partial charge in [-0.2, -0.15) is 5.10 Å². The van der Waals surface area contributed by atoms with Gasteiger partial charge in [-0.1, -0.05) is 23.9 Å². The van der Waals surface area contributed by atoms with Gasteiger partial charge in [0.15, 0.2) is 18.1 Å². The minimum atomic E-state index is -1.42. The van der Waals surface area contributed by atoms with Gasteiger partial charge in [0.2, 0.25) is 0 Å². The molecule has 0 radical (unpaired) electrons. The lowest BCUT2D eigenvalue weighted by molar-refractivity contribution is -0.123. The fraction of sp³-hybridized carbons (Fsp3) is 0.192. The number of nitrogens with zero attached hydrogens (tertiary/aromatic N) is 2. The van der Waals surface area contributed by atoms with Crippen LogP contribution in [0.3, 0.4) is 0 Å². The minimum absolute atomic E-state index is 0.0849. The molecular formula is C26H20F5N3O4S. The summed E-state index contributed by atoms with van der Waals surface area (Å²) in [4.78, 5) is 25.3. The molecule has 0 spiro atoms. The van der Waals surface area contributed by atoms with E-state index in [0.29, 0.717) is 17.7 Å². The highest BCUT2D eigenvalue weighted by Crippen LogP contribution is 2.47. The first-order valence-electron chi connectivity index (χ1n) is 11.3. The van der Waals surface area contributed by atoms with Crippen LogP contribution in [0.1, 0.15) is 26.9 Å². The first-order valence-corrected chi connectivity index (χ1v) is 12.2. The lowest BCUT2D eigenvalue weighted by Gasteiger charge is -2.24. The average molecular weight is 566 g/mol. The van der Waals surface area contributed by atoms with E-state index >= 15 is 0 Å². The fourth-order valence-electron chi connectivity index (χ4n) is 3.70. The number of halogens is 5. The number of alkyl halides is 1. The van der Waals surface area contributed by atoms with Crippen molar-refractivity contribution in [3.63, 3.8) is 0 Å². The zero-order valence-corrected chi connectivity index (χ0v) is 21.0. The second kappa shape index (κ2) is 12.2. The number of carbonyl (C=O) groups is 2. The van der Waals surface area contributed by atoms with Gasteiger partial charge in [-0.25, -0.2) is 27.0 Å². The molecule has 0 aliphatic carbocycles. The molecule has 7 nitrogen and oxygen atoms in total. The van der Waals surface area contributed by atoms with Crippen LogP contribution in [-0.4, -0.2) is 48.8 Å². The number of carbonyl (C=O) groups excluding carboxylic acids is 2. The molecular weight excluding hydrogens is 545 g/mol. The number of para-hydroxylation sites is 1. The number of hydrazone groups is 1. The van der Waals surface area contributed by atoms with Gasteiger partial charge in [0.25, 0.3) is 11.8 Å². The zero-order chi connectivity index (χ0) is 28.1. The molecule has 0 fully saturated rings. The SMILES string of the molecule is COc1c(OCC(=O)NCCF)cccc1C1SC(c2ccc(F)cc2)=NN1C(=O)c1c(F)cc(F)cc1F. The van der Waals surface area contributed by atoms with E-state index in [-0.39, 0.29) is 28.7 Å². The van der Waals surface area contributed by atoms with Crippen molar-refractivity contribution in [3.05, 3.63) is 94.6 Å². The molecule has 204 valence electrons. The van der Waals surface area contributed by atoms with Crippen LogP contribution in [-0.2, 0) is 4.79 Å². The molecule has 1 N–H and O–H groups in total. The molecule has 13 heteroatoms. The largest absolute Gasteiger partial charge is 0.492 e. The van der Waals surface area contributed by atoms with Gasteiger partial charge < -0.3 is 14.8 Å². The Bertz CT molecular complexity index is 1400. The Morgan fingerprint density at radius 3 is 2.36 bits per heavy atom. The first-order chi connectivity index (χ1) is 18.7. The summed E-state index contributed by atoms with van der Waals surface area (Å²) in [6.45, 7) is -1.41. The lowest BCUT2D eigenvalue weighted by atomic mass is 10.1. The van der Waals surface area contributed by atoms with Gasteiger partial charge in [-0.05, 0) is 30.3 Å². The number of ether oxygens (including phenoxy) is 2. The highest BCUT2D eigenvalue weighted by Gasteiger charge is 2.39. The summed E-state index contributed by atoms with van der Waals surface area (Å²) in [5.74, 6) is -6.18. The zero-order valence-electron chi connectivity index (χ0n) is 20.2. The fourth-order valence-corrected chi connectivity index (χ4v) is 4.87. The van der Waals surface area contributed by atoms with E-state index in [9.17, 15) is 31.5 Å². The van der Waals surface area contributed by atoms with Gasteiger partial charge >= 0.3 is 0 Å². The number of thioether (sulfide) groups is 1. The summed E-state index contributed by atoms with van der Waals surface area (Å²) in [5, 5.41) is 6.52. The molecule has 3 aromatic rings. The molecule has 1 atom stereocenters. The number of methoxy groups -OCH3 is 1. The topological polar surface area (TPSA) is 80.2 Å². The van der Waals surface area contributed by atoms with E-state index in [1.807, 2.05) is 0 Å². The van der Waals surface area contributed by atoms with Crippen molar-refractivity contribution in [1.82, 2.24) is 10.3 Å². The molecule has 1 aliphatic heterocycles. The Morgan fingerprint density at radius 2 is 1.72 bits per heavy atom. The van der Waals surface area contributed by atoms with Gasteiger partial charge in [0.05, 0.1) is 7.11 Å². The molecule has 1 heterocycles. The highest BCUT2D eigenvalue weighted by atomic mass is 32.2. The van der Waals surface area contributed by atoms with Gasteiger partial charge in [-0.15, -0.1) is 0 Å². The summed E-state index contributed by atoms with van der Waals surface area (Å²) in [6, 6.07) is 10.5. The second-order valence-electron chi connectivity index (χ2n) is 7.98. The Balaban J connectivity index is 1.74. The average Bonchev–Trinajstić information content (AvgIpc) is 3.35. The van der Waals surface area contributed by atoms with Crippen molar-refractivity contribution in [2.75, 3.05) is 26.9 Å². The number of hydrogen-bond acceptors (Lipinski definition) is 6. The number of hydrogen-bond donors (Lipinski definition) is 1. The summed E-state index contributed by atoms with van der Waals surface area (Å²) in [7, 11) is 1.31. The molecule has 2 amide bonds. The van der Waals surface area contributed by atoms with E-state index in [1.165, 1.54) is 43.5 Å². The molecule has 4 rings (SSSR count). The van der Waals surface area contributed by atoms with E-state index in [1.54, 1.807) is 6.07 Å². The van der Waals surface area contributed by atoms with Crippen LogP contribution in [0.4, 0.5) is 22.0 Å². The molecule has 0 aromatic heterocycles. The molecule has 0 bridgehead atoms. The van der Waals surface area contributed by atoms with Crippen molar-refractivity contribution in [2.45, 2.75) is 5.37 Å². The third-order valence-corrected chi connectivity index (χ3v) is 6.64. The molecule has 0 saturated carbocycles. The van der Waals surface area contributed by atoms with Crippen molar-refractivity contribution in [1.29, 1.82) is 0 Å². The van der Waals surface area contributed by atoms with Crippen LogP contribution in [0.5, 0.6) is 11.5 Å². The molecule has 1 aliphatic rings. The summed E-state index contributed by atoms with van der Waals surface area (Å²) in [6.07, 6.45) is 0. The van der Waals surface area contributed by atoms with Gasteiger partial charge in [0, 0.05) is 29.8 Å². The summed E-state index contributed by atoms with van der Waals surface area (Å²) < 4.78 is 79.5. The quantitative estimate of drug-likeness (QED) is 0.371. The molecule has 39 heavy (non-hydrogen) atoms. The monoisotopic (exact) mass is 565 g/mol. The van der Waals surface area contributed by atoms with Crippen LogP contribution in [0.15, 0.2) is 59.7 Å². The maximum Gasteiger partial charge on any atom is 0.281 e. The first kappa shape index (κ1) is 27.9. The van der Waals surface area contributed by atoms with Crippen LogP contribution >= 0.6 is 11.8 Å². The van der Waals surface area contributed by atoms with E-state index < -0.39 is 59.3 Å². The van der Waals surface area contributed by atoms with Crippen molar-refractivity contribution in [2.24, 2.45) is 5.10 Å². The predicted octanol–water partition coefficient (Wildman–Crippen LogP) is 4.97. The Morgan fingerprint density at radius 1 is 1.03 bits per heavy atom. The van der Waals surface area contributed by atoms with Crippen LogP contribution in [0, 0.1) is 23.3 Å². The molecule has 1 unspecified atom stereocenters. The Hall–Kier alpha value is -4.13. The minimum Gasteiger partial charge on any atom is -0.492 e. The van der Waals surface area contributed by atoms with E-state index in [0.717, 1.165) is 16.8 Å². The maximum atomic E-state index is 14.6. The standard InChI is InChI=1S/C26H20F5N3O4S/c1-37-23-17(3-2-4-20(23)38-13-21(35)32-10-9-27)26-34(25(36)22-18(30)11-16(29)12-19(22)31)33-24(39-26)14-5-7-15(28)8-6-14/h2-8,11-12,26H,9-10,13H2,1H3,(H,32,35). The smallest absolute Gasteiger partial charge is 0.281 e. The van der Waals surface area contributed by atoms with Gasteiger partial charge in [-0.3, -0.25) is 9.59 Å². The summed E-state index contributed by atoms with van der Waals surface area (Å²) >= 11 is 1.000. The van der Waals surface area contributed by atoms with Crippen molar-refractivity contribution in [3.8, 4) is 11.5 Å². The van der Waals surface area contributed by atoms with Crippen molar-refractivity contribution >= 4 is 28.6 Å². The van der Waals surface area contributed by atoms with Crippen LogP contribution in [0.25, 0.3) is 0 Å². The Labute approximate surface area is 223 Å². The van der Waals surface area contributed by atoms with Crippen LogP contribution in [0.2, 0.25) is 0 Å².